The molecule has 2 aromatic rings. The van der Waals surface area contributed by atoms with Crippen LogP contribution in [0.1, 0.15) is 30.7 Å². The van der Waals surface area contributed by atoms with Crippen LogP contribution in [0.25, 0.3) is 0 Å². The van der Waals surface area contributed by atoms with Gasteiger partial charge in [0, 0.05) is 0 Å². The highest BCUT2D eigenvalue weighted by Gasteiger charge is 2.18. The molecule has 1 aromatic heterocycles. The first-order chi connectivity index (χ1) is 9.26. The molecule has 0 bridgehead atoms. The van der Waals surface area contributed by atoms with Crippen molar-refractivity contribution in [3.63, 3.8) is 0 Å². The second-order valence-corrected chi connectivity index (χ2v) is 5.13. The SMILES string of the molecule is CCCOc1cccc(C(NC)c2occc2Br)c1. The van der Waals surface area contributed by atoms with Gasteiger partial charge >= 0.3 is 0 Å². The average Bonchev–Trinajstić information content (AvgIpc) is 2.84. The Balaban J connectivity index is 2.26. The molecule has 1 unspecified atom stereocenters. The third-order valence-corrected chi connectivity index (χ3v) is 3.52. The lowest BCUT2D eigenvalue weighted by atomic mass is 10.0. The fourth-order valence-corrected chi connectivity index (χ4v) is 2.39. The Morgan fingerprint density at radius 3 is 2.84 bits per heavy atom. The zero-order chi connectivity index (χ0) is 13.7. The van der Waals surface area contributed by atoms with Crippen molar-refractivity contribution < 1.29 is 9.15 Å². The highest BCUT2D eigenvalue weighted by molar-refractivity contribution is 9.10. The third kappa shape index (κ3) is 3.39. The van der Waals surface area contributed by atoms with Gasteiger partial charge in [0.1, 0.15) is 11.5 Å². The van der Waals surface area contributed by atoms with Crippen molar-refractivity contribution >= 4 is 15.9 Å². The zero-order valence-electron chi connectivity index (χ0n) is 11.2. The topological polar surface area (TPSA) is 34.4 Å². The van der Waals surface area contributed by atoms with Crippen LogP contribution < -0.4 is 10.1 Å². The second kappa shape index (κ2) is 6.78. The van der Waals surface area contributed by atoms with Crippen LogP contribution in [-0.4, -0.2) is 13.7 Å². The monoisotopic (exact) mass is 323 g/mol. The van der Waals surface area contributed by atoms with E-state index in [0.717, 1.165) is 34.6 Å². The summed E-state index contributed by atoms with van der Waals surface area (Å²) in [7, 11) is 1.92. The highest BCUT2D eigenvalue weighted by Crippen LogP contribution is 2.30. The summed E-state index contributed by atoms with van der Waals surface area (Å²) in [5, 5.41) is 3.27. The summed E-state index contributed by atoms with van der Waals surface area (Å²) in [6, 6.07) is 10.00. The smallest absolute Gasteiger partial charge is 0.139 e. The molecule has 0 fully saturated rings. The maximum Gasteiger partial charge on any atom is 0.139 e. The Labute approximate surface area is 122 Å². The molecule has 3 nitrogen and oxygen atoms in total. The highest BCUT2D eigenvalue weighted by atomic mass is 79.9. The first kappa shape index (κ1) is 14.2. The number of hydrogen-bond donors (Lipinski definition) is 1. The molecule has 0 radical (unpaired) electrons. The summed E-state index contributed by atoms with van der Waals surface area (Å²) >= 11 is 3.50. The summed E-state index contributed by atoms with van der Waals surface area (Å²) in [5.41, 5.74) is 1.12. The van der Waals surface area contributed by atoms with Crippen molar-refractivity contribution in [2.24, 2.45) is 0 Å². The Morgan fingerprint density at radius 1 is 1.37 bits per heavy atom. The molecule has 0 saturated carbocycles. The number of halogens is 1. The molecule has 19 heavy (non-hydrogen) atoms. The molecule has 0 amide bonds. The van der Waals surface area contributed by atoms with Gasteiger partial charge in [-0.05, 0) is 53.2 Å². The molecule has 1 atom stereocenters. The molecule has 102 valence electrons. The molecule has 1 heterocycles. The molecule has 1 N–H and O–H groups in total. The molecular formula is C15H18BrNO2. The quantitative estimate of drug-likeness (QED) is 0.867. The van der Waals surface area contributed by atoms with Crippen molar-refractivity contribution in [3.05, 3.63) is 52.4 Å². The molecule has 0 saturated heterocycles. The normalized spacial score (nSPS) is 12.4. The van der Waals surface area contributed by atoms with Gasteiger partial charge < -0.3 is 14.5 Å². The average molecular weight is 324 g/mol. The number of benzene rings is 1. The van der Waals surface area contributed by atoms with Gasteiger partial charge in [-0.3, -0.25) is 0 Å². The molecule has 1 aromatic carbocycles. The van der Waals surface area contributed by atoms with Crippen molar-refractivity contribution in [1.29, 1.82) is 0 Å². The minimum atomic E-state index is 0.00884. The Hall–Kier alpha value is -1.26. The van der Waals surface area contributed by atoms with E-state index in [1.54, 1.807) is 6.26 Å². The van der Waals surface area contributed by atoms with Crippen LogP contribution in [0.2, 0.25) is 0 Å². The Morgan fingerprint density at radius 2 is 2.21 bits per heavy atom. The van der Waals surface area contributed by atoms with Gasteiger partial charge in [0.25, 0.3) is 0 Å². The van der Waals surface area contributed by atoms with Crippen LogP contribution in [0.4, 0.5) is 0 Å². The van der Waals surface area contributed by atoms with E-state index in [9.17, 15) is 0 Å². The maximum absolute atomic E-state index is 5.67. The minimum absolute atomic E-state index is 0.00884. The van der Waals surface area contributed by atoms with Crippen molar-refractivity contribution in [1.82, 2.24) is 5.32 Å². The maximum atomic E-state index is 5.67. The van der Waals surface area contributed by atoms with Gasteiger partial charge in [0.15, 0.2) is 0 Å². The van der Waals surface area contributed by atoms with E-state index in [1.807, 2.05) is 31.3 Å². The Bertz CT molecular complexity index is 524. The lowest BCUT2D eigenvalue weighted by Gasteiger charge is -2.16. The van der Waals surface area contributed by atoms with E-state index < -0.39 is 0 Å². The molecule has 0 aliphatic carbocycles. The predicted octanol–water partition coefficient (Wildman–Crippen LogP) is 4.14. The third-order valence-electron chi connectivity index (χ3n) is 2.86. The molecular weight excluding hydrogens is 306 g/mol. The molecule has 0 aliphatic heterocycles. The van der Waals surface area contributed by atoms with Gasteiger partial charge in [0.2, 0.25) is 0 Å². The largest absolute Gasteiger partial charge is 0.494 e. The first-order valence-corrected chi connectivity index (χ1v) is 7.18. The Kier molecular flexibility index (Phi) is 5.05. The molecule has 2 rings (SSSR count). The van der Waals surface area contributed by atoms with E-state index in [1.165, 1.54) is 0 Å². The molecule has 4 heteroatoms. The van der Waals surface area contributed by atoms with Gasteiger partial charge in [0.05, 0.1) is 23.4 Å². The van der Waals surface area contributed by atoms with E-state index >= 15 is 0 Å². The lowest BCUT2D eigenvalue weighted by Crippen LogP contribution is -2.17. The number of rotatable bonds is 6. The standard InChI is InChI=1S/C15H18BrNO2/c1-3-8-18-12-6-4-5-11(10-12)14(17-2)15-13(16)7-9-19-15/h4-7,9-10,14,17H,3,8H2,1-2H3. The predicted molar refractivity (Wildman–Crippen MR) is 79.5 cm³/mol. The number of nitrogens with one attached hydrogen (secondary N) is 1. The van der Waals surface area contributed by atoms with E-state index in [-0.39, 0.29) is 6.04 Å². The number of furan rings is 1. The van der Waals surface area contributed by atoms with Crippen molar-refractivity contribution in [2.45, 2.75) is 19.4 Å². The summed E-state index contributed by atoms with van der Waals surface area (Å²) in [6.07, 6.45) is 2.69. The number of ether oxygens (including phenoxy) is 1. The van der Waals surface area contributed by atoms with Crippen LogP contribution in [0.15, 0.2) is 45.5 Å². The summed E-state index contributed by atoms with van der Waals surface area (Å²) in [5.74, 6) is 1.76. The molecule has 0 spiro atoms. The van der Waals surface area contributed by atoms with Crippen LogP contribution in [0.5, 0.6) is 5.75 Å². The fourth-order valence-electron chi connectivity index (χ4n) is 1.96. The van der Waals surface area contributed by atoms with Gasteiger partial charge in [-0.15, -0.1) is 0 Å². The van der Waals surface area contributed by atoms with Crippen LogP contribution in [-0.2, 0) is 0 Å². The van der Waals surface area contributed by atoms with Crippen LogP contribution >= 0.6 is 15.9 Å². The van der Waals surface area contributed by atoms with E-state index in [4.69, 9.17) is 9.15 Å². The first-order valence-electron chi connectivity index (χ1n) is 6.39. The summed E-state index contributed by atoms with van der Waals surface area (Å²) in [6.45, 7) is 2.83. The summed E-state index contributed by atoms with van der Waals surface area (Å²) in [4.78, 5) is 0. The van der Waals surface area contributed by atoms with Gasteiger partial charge in [-0.1, -0.05) is 19.1 Å². The summed E-state index contributed by atoms with van der Waals surface area (Å²) < 4.78 is 12.2. The second-order valence-electron chi connectivity index (χ2n) is 4.28. The molecule has 0 aliphatic rings. The van der Waals surface area contributed by atoms with E-state index in [2.05, 4.69) is 34.2 Å². The lowest BCUT2D eigenvalue weighted by molar-refractivity contribution is 0.316. The minimum Gasteiger partial charge on any atom is -0.494 e. The van der Waals surface area contributed by atoms with E-state index in [0.29, 0.717) is 0 Å². The van der Waals surface area contributed by atoms with Crippen molar-refractivity contribution in [2.75, 3.05) is 13.7 Å². The van der Waals surface area contributed by atoms with Crippen LogP contribution in [0.3, 0.4) is 0 Å². The van der Waals surface area contributed by atoms with Crippen LogP contribution in [0, 0.1) is 0 Å². The van der Waals surface area contributed by atoms with Crippen molar-refractivity contribution in [3.8, 4) is 5.75 Å². The van der Waals surface area contributed by atoms with Gasteiger partial charge in [-0.25, -0.2) is 0 Å². The zero-order valence-corrected chi connectivity index (χ0v) is 12.7. The number of hydrogen-bond acceptors (Lipinski definition) is 3. The fraction of sp³-hybridized carbons (Fsp3) is 0.333. The van der Waals surface area contributed by atoms with Gasteiger partial charge in [-0.2, -0.15) is 0 Å².